The Morgan fingerprint density at radius 1 is 1.29 bits per heavy atom. The first-order chi connectivity index (χ1) is 10.2. The van der Waals surface area contributed by atoms with E-state index in [4.69, 9.17) is 11.6 Å². The molecule has 1 aromatic heterocycles. The number of nitrogens with zero attached hydrogens (tertiary/aromatic N) is 1. The Bertz CT molecular complexity index is 788. The van der Waals surface area contributed by atoms with Crippen LogP contribution in [0.3, 0.4) is 0 Å². The minimum atomic E-state index is -0.254. The highest BCUT2D eigenvalue weighted by molar-refractivity contribution is 8.00. The van der Waals surface area contributed by atoms with Gasteiger partial charge in [-0.25, -0.2) is 9.37 Å². The van der Waals surface area contributed by atoms with Gasteiger partial charge in [-0.1, -0.05) is 23.4 Å². The summed E-state index contributed by atoms with van der Waals surface area (Å²) in [5.74, 6) is -0.254. The highest BCUT2D eigenvalue weighted by Gasteiger charge is 2.06. The van der Waals surface area contributed by atoms with Crippen molar-refractivity contribution < 1.29 is 4.39 Å². The Labute approximate surface area is 135 Å². The van der Waals surface area contributed by atoms with E-state index in [1.54, 1.807) is 35.2 Å². The number of aromatic nitrogens is 1. The lowest BCUT2D eigenvalue weighted by Gasteiger charge is -2.08. The van der Waals surface area contributed by atoms with Crippen molar-refractivity contribution in [2.75, 3.05) is 11.6 Å². The summed E-state index contributed by atoms with van der Waals surface area (Å²) < 4.78 is 15.8. The van der Waals surface area contributed by atoms with Gasteiger partial charge in [0.25, 0.3) is 0 Å². The Kier molecular flexibility index (Phi) is 4.33. The lowest BCUT2D eigenvalue weighted by atomic mass is 10.2. The van der Waals surface area contributed by atoms with Crippen molar-refractivity contribution in [3.63, 3.8) is 0 Å². The van der Waals surface area contributed by atoms with E-state index in [2.05, 4.69) is 10.3 Å². The van der Waals surface area contributed by atoms with Crippen LogP contribution in [0.5, 0.6) is 0 Å². The number of hydrogen-bond acceptors (Lipinski definition) is 4. The second kappa shape index (κ2) is 6.22. The van der Waals surface area contributed by atoms with Gasteiger partial charge in [0, 0.05) is 22.8 Å². The zero-order valence-electron chi connectivity index (χ0n) is 11.2. The van der Waals surface area contributed by atoms with E-state index in [-0.39, 0.29) is 5.82 Å². The summed E-state index contributed by atoms with van der Waals surface area (Å²) in [6, 6.07) is 10.5. The van der Waals surface area contributed by atoms with Crippen LogP contribution in [0.2, 0.25) is 5.02 Å². The number of anilines is 1. The fraction of sp³-hybridized carbons (Fsp3) is 0.133. The van der Waals surface area contributed by atoms with E-state index in [1.807, 2.05) is 24.5 Å². The van der Waals surface area contributed by atoms with E-state index in [1.165, 1.54) is 6.07 Å². The van der Waals surface area contributed by atoms with Crippen LogP contribution >= 0.6 is 34.7 Å². The first-order valence-electron chi connectivity index (χ1n) is 6.28. The average Bonchev–Trinajstić information content (AvgIpc) is 2.90. The molecule has 0 radical (unpaired) electrons. The molecule has 2 nitrogen and oxygen atoms in total. The molecular weight excluding hydrogens is 327 g/mol. The number of fused-ring (bicyclic) bond motifs is 1. The minimum absolute atomic E-state index is 0.254. The Hall–Kier alpha value is -1.30. The molecular formula is C15H12ClFN2S2. The Morgan fingerprint density at radius 2 is 2.14 bits per heavy atom. The molecule has 3 aromatic rings. The second-order valence-electron chi connectivity index (χ2n) is 4.46. The van der Waals surface area contributed by atoms with E-state index in [9.17, 15) is 4.39 Å². The molecule has 0 aliphatic carbocycles. The number of halogens is 2. The smallest absolute Gasteiger partial charge is 0.150 e. The van der Waals surface area contributed by atoms with Crippen molar-refractivity contribution in [1.29, 1.82) is 0 Å². The summed E-state index contributed by atoms with van der Waals surface area (Å²) in [6.07, 6.45) is 2.01. The molecule has 0 amide bonds. The monoisotopic (exact) mass is 338 g/mol. The van der Waals surface area contributed by atoms with E-state index >= 15 is 0 Å². The van der Waals surface area contributed by atoms with Crippen LogP contribution in [-0.2, 0) is 6.54 Å². The fourth-order valence-electron chi connectivity index (χ4n) is 1.98. The van der Waals surface area contributed by atoms with Crippen LogP contribution in [-0.4, -0.2) is 11.2 Å². The van der Waals surface area contributed by atoms with Crippen LogP contribution < -0.4 is 5.32 Å². The van der Waals surface area contributed by atoms with Gasteiger partial charge in [-0.05, 0) is 42.7 Å². The van der Waals surface area contributed by atoms with Gasteiger partial charge in [0.2, 0.25) is 0 Å². The molecule has 3 rings (SSSR count). The maximum Gasteiger partial charge on any atom is 0.150 e. The van der Waals surface area contributed by atoms with Crippen LogP contribution in [0.15, 0.2) is 40.7 Å². The molecule has 6 heteroatoms. The van der Waals surface area contributed by atoms with Crippen molar-refractivity contribution in [1.82, 2.24) is 4.98 Å². The quantitative estimate of drug-likeness (QED) is 0.643. The van der Waals surface area contributed by atoms with Gasteiger partial charge in [-0.15, -0.1) is 11.3 Å². The fourth-order valence-corrected chi connectivity index (χ4v) is 3.70. The largest absolute Gasteiger partial charge is 0.381 e. The lowest BCUT2D eigenvalue weighted by Crippen LogP contribution is -2.01. The van der Waals surface area contributed by atoms with Crippen molar-refractivity contribution in [2.24, 2.45) is 0 Å². The molecule has 0 atom stereocenters. The number of hydrogen-bond donors (Lipinski definition) is 1. The van der Waals surface area contributed by atoms with Gasteiger partial charge in [-0.2, -0.15) is 0 Å². The van der Waals surface area contributed by atoms with Gasteiger partial charge in [0.05, 0.1) is 10.2 Å². The van der Waals surface area contributed by atoms with Gasteiger partial charge in [0.1, 0.15) is 5.82 Å². The maximum absolute atomic E-state index is 13.7. The molecule has 1 N–H and O–H groups in total. The van der Waals surface area contributed by atoms with Crippen molar-refractivity contribution in [3.05, 3.63) is 52.8 Å². The number of thioether (sulfide) groups is 1. The zero-order valence-corrected chi connectivity index (χ0v) is 13.6. The van der Waals surface area contributed by atoms with Gasteiger partial charge < -0.3 is 5.32 Å². The van der Waals surface area contributed by atoms with E-state index < -0.39 is 0 Å². The summed E-state index contributed by atoms with van der Waals surface area (Å²) in [5, 5.41) is 3.76. The summed E-state index contributed by atoms with van der Waals surface area (Å²) in [5.41, 5.74) is 2.48. The number of benzene rings is 2. The molecule has 21 heavy (non-hydrogen) atoms. The summed E-state index contributed by atoms with van der Waals surface area (Å²) in [6.45, 7) is 0.395. The molecule has 0 aliphatic heterocycles. The molecule has 0 spiro atoms. The summed E-state index contributed by atoms with van der Waals surface area (Å²) >= 11 is 9.18. The first kappa shape index (κ1) is 14.6. The molecule has 1 heterocycles. The van der Waals surface area contributed by atoms with Crippen LogP contribution in [0.25, 0.3) is 10.2 Å². The predicted octanol–water partition coefficient (Wildman–Crippen LogP) is 5.42. The molecule has 108 valence electrons. The standard InChI is InChI=1S/C15H12ClFN2S2/c1-20-15-19-13-5-3-11(7-14(13)21-15)18-8-9-6-10(16)2-4-12(9)17/h2-7,18H,8H2,1H3. The number of thiazole rings is 1. The second-order valence-corrected chi connectivity index (χ2v) is 6.98. The normalized spacial score (nSPS) is 11.0. The SMILES string of the molecule is CSc1nc2ccc(NCc3cc(Cl)ccc3F)cc2s1. The van der Waals surface area contributed by atoms with Gasteiger partial charge in [-0.3, -0.25) is 0 Å². The third-order valence-corrected chi connectivity index (χ3v) is 5.27. The van der Waals surface area contributed by atoms with Crippen LogP contribution in [0.1, 0.15) is 5.56 Å². The summed E-state index contributed by atoms with van der Waals surface area (Å²) in [4.78, 5) is 4.49. The van der Waals surface area contributed by atoms with Gasteiger partial charge >= 0.3 is 0 Å². The molecule has 0 bridgehead atoms. The number of nitrogens with one attached hydrogen (secondary N) is 1. The van der Waals surface area contributed by atoms with Gasteiger partial charge in [0.15, 0.2) is 4.34 Å². The topological polar surface area (TPSA) is 24.9 Å². The van der Waals surface area contributed by atoms with Crippen molar-refractivity contribution in [3.8, 4) is 0 Å². The first-order valence-corrected chi connectivity index (χ1v) is 8.70. The zero-order chi connectivity index (χ0) is 14.8. The average molecular weight is 339 g/mol. The van der Waals surface area contributed by atoms with Crippen LogP contribution in [0, 0.1) is 5.82 Å². The van der Waals surface area contributed by atoms with Crippen molar-refractivity contribution in [2.45, 2.75) is 10.9 Å². The Balaban J connectivity index is 1.80. The molecule has 2 aromatic carbocycles. The predicted molar refractivity (Wildman–Crippen MR) is 90.1 cm³/mol. The molecule has 0 aliphatic rings. The highest BCUT2D eigenvalue weighted by atomic mass is 35.5. The molecule has 0 saturated heterocycles. The van der Waals surface area contributed by atoms with E-state index in [0.29, 0.717) is 17.1 Å². The molecule has 0 saturated carbocycles. The lowest BCUT2D eigenvalue weighted by molar-refractivity contribution is 0.613. The maximum atomic E-state index is 13.7. The third kappa shape index (κ3) is 3.31. The molecule has 0 fully saturated rings. The Morgan fingerprint density at radius 3 is 2.95 bits per heavy atom. The highest BCUT2D eigenvalue weighted by Crippen LogP contribution is 2.30. The minimum Gasteiger partial charge on any atom is -0.381 e. The third-order valence-electron chi connectivity index (χ3n) is 3.03. The van der Waals surface area contributed by atoms with Crippen LogP contribution in [0.4, 0.5) is 10.1 Å². The summed E-state index contributed by atoms with van der Waals surface area (Å²) in [7, 11) is 0. The molecule has 0 unspecified atom stereocenters. The number of rotatable bonds is 4. The van der Waals surface area contributed by atoms with Crippen molar-refractivity contribution >= 4 is 50.6 Å². The van der Waals surface area contributed by atoms with E-state index in [0.717, 1.165) is 20.2 Å².